The van der Waals surface area contributed by atoms with Gasteiger partial charge < -0.3 is 18.9 Å². The molecule has 4 rings (SSSR count). The standard InChI is InChI=1S/C19H19NO6/c1-12-10-20(18(21)14-5-8-16-17(9-14)24-11-23-16)26-19(25-12)13-3-6-15(22-2)7-4-13/h3-9,12,19H,10-11H2,1-2H3. The SMILES string of the molecule is COc1ccc(C2OC(C)CN(C(=O)c3ccc4c(c3)OCO4)O2)cc1. The molecule has 0 N–H and O–H groups in total. The van der Waals surface area contributed by atoms with Crippen LogP contribution in [0.5, 0.6) is 17.2 Å². The zero-order chi connectivity index (χ0) is 18.1. The smallest absolute Gasteiger partial charge is 0.277 e. The molecule has 1 saturated heterocycles. The van der Waals surface area contributed by atoms with Crippen molar-refractivity contribution in [1.82, 2.24) is 5.06 Å². The van der Waals surface area contributed by atoms with E-state index in [0.717, 1.165) is 11.3 Å². The highest BCUT2D eigenvalue weighted by Crippen LogP contribution is 2.34. The van der Waals surface area contributed by atoms with E-state index in [0.29, 0.717) is 23.6 Å². The van der Waals surface area contributed by atoms with Gasteiger partial charge in [-0.05, 0) is 37.3 Å². The van der Waals surface area contributed by atoms with Gasteiger partial charge in [0.2, 0.25) is 13.1 Å². The molecule has 2 heterocycles. The molecule has 0 radical (unpaired) electrons. The molecular weight excluding hydrogens is 338 g/mol. The van der Waals surface area contributed by atoms with Crippen LogP contribution in [0.3, 0.4) is 0 Å². The molecule has 2 aliphatic rings. The van der Waals surface area contributed by atoms with Gasteiger partial charge in [-0.1, -0.05) is 12.1 Å². The second-order valence-corrected chi connectivity index (χ2v) is 6.09. The van der Waals surface area contributed by atoms with Crippen LogP contribution in [0.4, 0.5) is 0 Å². The molecule has 2 aromatic rings. The molecule has 0 aromatic heterocycles. The van der Waals surface area contributed by atoms with E-state index in [1.807, 2.05) is 31.2 Å². The highest BCUT2D eigenvalue weighted by molar-refractivity contribution is 5.94. The number of hydrogen-bond donors (Lipinski definition) is 0. The first-order chi connectivity index (χ1) is 12.6. The van der Waals surface area contributed by atoms with E-state index in [1.54, 1.807) is 25.3 Å². The lowest BCUT2D eigenvalue weighted by atomic mass is 10.1. The zero-order valence-electron chi connectivity index (χ0n) is 14.5. The van der Waals surface area contributed by atoms with Gasteiger partial charge >= 0.3 is 0 Å². The number of methoxy groups -OCH3 is 1. The topological polar surface area (TPSA) is 66.5 Å². The summed E-state index contributed by atoms with van der Waals surface area (Å²) < 4.78 is 21.6. The minimum absolute atomic E-state index is 0.164. The second-order valence-electron chi connectivity index (χ2n) is 6.09. The van der Waals surface area contributed by atoms with Crippen molar-refractivity contribution in [3.63, 3.8) is 0 Å². The third-order valence-corrected chi connectivity index (χ3v) is 4.24. The first-order valence-electron chi connectivity index (χ1n) is 8.32. The fourth-order valence-corrected chi connectivity index (χ4v) is 2.88. The van der Waals surface area contributed by atoms with Gasteiger partial charge in [0, 0.05) is 11.1 Å². The number of carbonyl (C=O) groups excluding carboxylic acids is 1. The number of hydrogen-bond acceptors (Lipinski definition) is 6. The van der Waals surface area contributed by atoms with Gasteiger partial charge in [0.1, 0.15) is 5.75 Å². The molecule has 26 heavy (non-hydrogen) atoms. The summed E-state index contributed by atoms with van der Waals surface area (Å²) in [4.78, 5) is 18.7. The summed E-state index contributed by atoms with van der Waals surface area (Å²) in [6.07, 6.45) is -0.837. The van der Waals surface area contributed by atoms with E-state index < -0.39 is 6.29 Å². The lowest BCUT2D eigenvalue weighted by Crippen LogP contribution is -2.44. The van der Waals surface area contributed by atoms with Gasteiger partial charge in [0.25, 0.3) is 5.91 Å². The normalized spacial score (nSPS) is 21.5. The van der Waals surface area contributed by atoms with E-state index in [2.05, 4.69) is 0 Å². The quantitative estimate of drug-likeness (QED) is 0.841. The van der Waals surface area contributed by atoms with Crippen LogP contribution in [-0.4, -0.2) is 37.5 Å². The fraction of sp³-hybridized carbons (Fsp3) is 0.316. The number of amides is 1. The van der Waals surface area contributed by atoms with Gasteiger partial charge in [-0.15, -0.1) is 0 Å². The van der Waals surface area contributed by atoms with Crippen molar-refractivity contribution < 1.29 is 28.6 Å². The largest absolute Gasteiger partial charge is 0.497 e. The van der Waals surface area contributed by atoms with Crippen LogP contribution in [0.15, 0.2) is 42.5 Å². The molecule has 1 amide bonds. The molecule has 0 aliphatic carbocycles. The third-order valence-electron chi connectivity index (χ3n) is 4.24. The molecule has 2 atom stereocenters. The number of fused-ring (bicyclic) bond motifs is 1. The Morgan fingerprint density at radius 1 is 1.12 bits per heavy atom. The van der Waals surface area contributed by atoms with Crippen LogP contribution >= 0.6 is 0 Å². The van der Waals surface area contributed by atoms with Crippen LogP contribution in [0.2, 0.25) is 0 Å². The maximum Gasteiger partial charge on any atom is 0.277 e. The van der Waals surface area contributed by atoms with E-state index in [4.69, 9.17) is 23.8 Å². The Morgan fingerprint density at radius 2 is 1.88 bits per heavy atom. The number of rotatable bonds is 3. The van der Waals surface area contributed by atoms with Gasteiger partial charge in [-0.2, -0.15) is 0 Å². The summed E-state index contributed by atoms with van der Waals surface area (Å²) in [7, 11) is 1.61. The minimum atomic E-state index is -0.664. The lowest BCUT2D eigenvalue weighted by molar-refractivity contribution is -0.320. The minimum Gasteiger partial charge on any atom is -0.497 e. The monoisotopic (exact) mass is 357 g/mol. The van der Waals surface area contributed by atoms with Crippen LogP contribution in [-0.2, 0) is 9.57 Å². The van der Waals surface area contributed by atoms with Crippen LogP contribution in [0, 0.1) is 0 Å². The maximum absolute atomic E-state index is 12.9. The molecule has 136 valence electrons. The molecule has 2 unspecified atom stereocenters. The Labute approximate surface area is 150 Å². The first-order valence-corrected chi connectivity index (χ1v) is 8.32. The maximum atomic E-state index is 12.9. The molecule has 2 aromatic carbocycles. The fourth-order valence-electron chi connectivity index (χ4n) is 2.88. The summed E-state index contributed by atoms with van der Waals surface area (Å²) in [5.41, 5.74) is 1.28. The Morgan fingerprint density at radius 3 is 2.65 bits per heavy atom. The van der Waals surface area contributed by atoms with E-state index >= 15 is 0 Å². The summed E-state index contributed by atoms with van der Waals surface area (Å²) >= 11 is 0. The van der Waals surface area contributed by atoms with Crippen molar-refractivity contribution in [1.29, 1.82) is 0 Å². The highest BCUT2D eigenvalue weighted by atomic mass is 16.8. The second kappa shape index (κ2) is 6.86. The van der Waals surface area contributed by atoms with E-state index in [9.17, 15) is 4.79 Å². The average molecular weight is 357 g/mol. The molecule has 0 bridgehead atoms. The highest BCUT2D eigenvalue weighted by Gasteiger charge is 2.32. The number of benzene rings is 2. The number of hydroxylamine groups is 2. The van der Waals surface area contributed by atoms with E-state index in [1.165, 1.54) is 5.06 Å². The Hall–Kier alpha value is -2.77. The zero-order valence-corrected chi connectivity index (χ0v) is 14.5. The average Bonchev–Trinajstić information content (AvgIpc) is 3.14. The number of nitrogens with zero attached hydrogens (tertiary/aromatic N) is 1. The van der Waals surface area contributed by atoms with Crippen molar-refractivity contribution in [3.05, 3.63) is 53.6 Å². The first kappa shape index (κ1) is 16.7. The van der Waals surface area contributed by atoms with Crippen molar-refractivity contribution >= 4 is 5.91 Å². The predicted molar refractivity (Wildman–Crippen MR) is 91.0 cm³/mol. The Balaban J connectivity index is 1.53. The molecule has 2 aliphatic heterocycles. The molecular formula is C19H19NO6. The molecule has 1 fully saturated rings. The van der Waals surface area contributed by atoms with Crippen molar-refractivity contribution in [3.8, 4) is 17.2 Å². The van der Waals surface area contributed by atoms with E-state index in [-0.39, 0.29) is 18.8 Å². The summed E-state index contributed by atoms with van der Waals surface area (Å²) in [6.45, 7) is 2.40. The number of ether oxygens (including phenoxy) is 4. The van der Waals surface area contributed by atoms with Crippen LogP contribution < -0.4 is 14.2 Å². The van der Waals surface area contributed by atoms with Gasteiger partial charge in [-0.3, -0.25) is 4.79 Å². The predicted octanol–water partition coefficient (Wildman–Crippen LogP) is 2.92. The summed E-state index contributed by atoms with van der Waals surface area (Å²) in [5, 5.41) is 1.33. The van der Waals surface area contributed by atoms with Crippen molar-refractivity contribution in [2.45, 2.75) is 19.3 Å². The van der Waals surface area contributed by atoms with Gasteiger partial charge in [-0.25, -0.2) is 9.90 Å². The molecule has 0 saturated carbocycles. The van der Waals surface area contributed by atoms with Crippen LogP contribution in [0.25, 0.3) is 0 Å². The Bertz CT molecular complexity index is 806. The lowest BCUT2D eigenvalue weighted by Gasteiger charge is -2.36. The number of carbonyl (C=O) groups is 1. The van der Waals surface area contributed by atoms with Gasteiger partial charge in [0.05, 0.1) is 19.8 Å². The van der Waals surface area contributed by atoms with Crippen molar-refractivity contribution in [2.75, 3.05) is 20.4 Å². The summed E-state index contributed by atoms with van der Waals surface area (Å²) in [6, 6.07) is 12.4. The van der Waals surface area contributed by atoms with Crippen LogP contribution in [0.1, 0.15) is 29.1 Å². The summed E-state index contributed by atoms with van der Waals surface area (Å²) in [5.74, 6) is 1.68. The van der Waals surface area contributed by atoms with Crippen molar-refractivity contribution in [2.24, 2.45) is 0 Å². The molecule has 7 nitrogen and oxygen atoms in total. The van der Waals surface area contributed by atoms with Gasteiger partial charge in [0.15, 0.2) is 11.5 Å². The Kier molecular flexibility index (Phi) is 4.40. The molecule has 7 heteroatoms. The third kappa shape index (κ3) is 3.18. The molecule has 0 spiro atoms.